The highest BCUT2D eigenvalue weighted by molar-refractivity contribution is 5.14. The van der Waals surface area contributed by atoms with Gasteiger partial charge in [-0.05, 0) is 39.9 Å². The van der Waals surface area contributed by atoms with Crippen molar-refractivity contribution in [2.45, 2.75) is 50.6 Å². The zero-order valence-electron chi connectivity index (χ0n) is 12.4. The molecular formula is C15H26N4. The Morgan fingerprint density at radius 2 is 2.05 bits per heavy atom. The zero-order valence-corrected chi connectivity index (χ0v) is 12.4. The van der Waals surface area contributed by atoms with Gasteiger partial charge in [-0.3, -0.25) is 9.97 Å². The average Bonchev–Trinajstić information content (AvgIpc) is 2.91. The lowest BCUT2D eigenvalue weighted by Gasteiger charge is -2.43. The minimum absolute atomic E-state index is 0.186. The fourth-order valence-electron chi connectivity index (χ4n) is 3.30. The molecule has 0 saturated heterocycles. The van der Waals surface area contributed by atoms with Crippen molar-refractivity contribution in [2.24, 2.45) is 0 Å². The maximum absolute atomic E-state index is 4.55. The Balaban J connectivity index is 2.30. The number of nitrogens with zero attached hydrogens (tertiary/aromatic N) is 3. The van der Waals surface area contributed by atoms with Gasteiger partial charge >= 0.3 is 0 Å². The largest absolute Gasteiger partial charge is 0.307 e. The molecule has 0 amide bonds. The van der Waals surface area contributed by atoms with Gasteiger partial charge in [-0.15, -0.1) is 0 Å². The summed E-state index contributed by atoms with van der Waals surface area (Å²) in [4.78, 5) is 11.2. The van der Waals surface area contributed by atoms with Gasteiger partial charge in [0.15, 0.2) is 0 Å². The minimum atomic E-state index is 0.186. The molecule has 1 aromatic heterocycles. The Labute approximate surface area is 116 Å². The second-order valence-corrected chi connectivity index (χ2v) is 5.72. The molecule has 1 atom stereocenters. The van der Waals surface area contributed by atoms with E-state index >= 15 is 0 Å². The van der Waals surface area contributed by atoms with Crippen LogP contribution in [0.25, 0.3) is 0 Å². The summed E-state index contributed by atoms with van der Waals surface area (Å²) in [5.74, 6) is 0. The van der Waals surface area contributed by atoms with E-state index in [9.17, 15) is 0 Å². The Bertz CT molecular complexity index is 371. The number of hydrogen-bond donors (Lipinski definition) is 1. The summed E-state index contributed by atoms with van der Waals surface area (Å²) in [6.45, 7) is 3.23. The topological polar surface area (TPSA) is 41.1 Å². The lowest BCUT2D eigenvalue weighted by atomic mass is 9.84. The van der Waals surface area contributed by atoms with Crippen LogP contribution in [-0.4, -0.2) is 41.0 Å². The van der Waals surface area contributed by atoms with Crippen molar-refractivity contribution in [1.29, 1.82) is 0 Å². The molecule has 2 rings (SSSR count). The first-order valence-electron chi connectivity index (χ1n) is 7.37. The molecule has 1 unspecified atom stereocenters. The average molecular weight is 262 g/mol. The van der Waals surface area contributed by atoms with Crippen molar-refractivity contribution >= 4 is 0 Å². The van der Waals surface area contributed by atoms with Gasteiger partial charge in [0.2, 0.25) is 0 Å². The van der Waals surface area contributed by atoms with Crippen LogP contribution in [0.3, 0.4) is 0 Å². The molecule has 19 heavy (non-hydrogen) atoms. The van der Waals surface area contributed by atoms with Gasteiger partial charge in [-0.25, -0.2) is 0 Å². The maximum atomic E-state index is 4.55. The molecule has 1 N–H and O–H groups in total. The lowest BCUT2D eigenvalue weighted by Crippen LogP contribution is -2.52. The lowest BCUT2D eigenvalue weighted by molar-refractivity contribution is 0.102. The number of hydrogen-bond acceptors (Lipinski definition) is 4. The van der Waals surface area contributed by atoms with Crippen molar-refractivity contribution in [3.63, 3.8) is 0 Å². The van der Waals surface area contributed by atoms with Crippen LogP contribution in [0.2, 0.25) is 0 Å². The van der Waals surface area contributed by atoms with E-state index in [0.29, 0.717) is 0 Å². The van der Waals surface area contributed by atoms with Crippen LogP contribution in [0.5, 0.6) is 0 Å². The van der Waals surface area contributed by atoms with Crippen LogP contribution < -0.4 is 5.32 Å². The van der Waals surface area contributed by atoms with Crippen LogP contribution in [0.1, 0.15) is 50.8 Å². The maximum Gasteiger partial charge on any atom is 0.0775 e. The van der Waals surface area contributed by atoms with Crippen LogP contribution in [0.15, 0.2) is 18.6 Å². The van der Waals surface area contributed by atoms with Crippen molar-refractivity contribution in [3.05, 3.63) is 24.3 Å². The Morgan fingerprint density at radius 3 is 2.58 bits per heavy atom. The minimum Gasteiger partial charge on any atom is -0.307 e. The third-order valence-corrected chi connectivity index (χ3v) is 4.37. The Morgan fingerprint density at radius 1 is 1.32 bits per heavy atom. The fourth-order valence-corrected chi connectivity index (χ4v) is 3.30. The first-order chi connectivity index (χ1) is 9.20. The molecule has 1 fully saturated rings. The highest BCUT2D eigenvalue weighted by Crippen LogP contribution is 2.42. The van der Waals surface area contributed by atoms with Crippen molar-refractivity contribution in [2.75, 3.05) is 20.6 Å². The van der Waals surface area contributed by atoms with Crippen LogP contribution in [0.4, 0.5) is 0 Å². The summed E-state index contributed by atoms with van der Waals surface area (Å²) >= 11 is 0. The Hall–Kier alpha value is -1.00. The number of aromatic nitrogens is 2. The van der Waals surface area contributed by atoms with E-state index in [2.05, 4.69) is 41.2 Å². The molecule has 1 aliphatic rings. The summed E-state index contributed by atoms with van der Waals surface area (Å²) < 4.78 is 0. The zero-order chi connectivity index (χ0) is 13.7. The van der Waals surface area contributed by atoms with E-state index in [1.165, 1.54) is 25.7 Å². The standard InChI is InChI=1S/C15H26N4/c1-4-9-18-14(13-12-16-10-11-17-13)15(19(2)3)7-5-6-8-15/h10-12,14,18H,4-9H2,1-3H3. The highest BCUT2D eigenvalue weighted by Gasteiger charge is 2.44. The van der Waals surface area contributed by atoms with Gasteiger partial charge in [0.25, 0.3) is 0 Å². The summed E-state index contributed by atoms with van der Waals surface area (Å²) in [5, 5.41) is 3.71. The van der Waals surface area contributed by atoms with Gasteiger partial charge in [0, 0.05) is 17.9 Å². The predicted octanol–water partition coefficient (Wildman–Crippen LogP) is 2.39. The molecule has 0 bridgehead atoms. The smallest absolute Gasteiger partial charge is 0.0775 e. The van der Waals surface area contributed by atoms with E-state index in [0.717, 1.165) is 18.7 Å². The third kappa shape index (κ3) is 2.95. The highest BCUT2D eigenvalue weighted by atomic mass is 15.2. The molecule has 106 valence electrons. The monoisotopic (exact) mass is 262 g/mol. The summed E-state index contributed by atoms with van der Waals surface area (Å²) in [5.41, 5.74) is 1.26. The second-order valence-electron chi connectivity index (χ2n) is 5.72. The van der Waals surface area contributed by atoms with Crippen molar-refractivity contribution in [1.82, 2.24) is 20.2 Å². The number of likely N-dealkylation sites (N-methyl/N-ethyl adjacent to an activating group) is 1. The normalized spacial score (nSPS) is 19.8. The van der Waals surface area contributed by atoms with E-state index in [1.807, 2.05) is 6.20 Å². The molecule has 1 saturated carbocycles. The van der Waals surface area contributed by atoms with E-state index in [-0.39, 0.29) is 11.6 Å². The molecule has 0 aromatic carbocycles. The predicted molar refractivity (Wildman–Crippen MR) is 78.0 cm³/mol. The summed E-state index contributed by atoms with van der Waals surface area (Å²) in [6, 6.07) is 0.277. The van der Waals surface area contributed by atoms with Gasteiger partial charge in [-0.2, -0.15) is 0 Å². The molecule has 1 heterocycles. The van der Waals surface area contributed by atoms with Gasteiger partial charge in [0.1, 0.15) is 0 Å². The number of rotatable bonds is 6. The third-order valence-electron chi connectivity index (χ3n) is 4.37. The first-order valence-corrected chi connectivity index (χ1v) is 7.37. The molecule has 1 aliphatic carbocycles. The molecule has 4 heteroatoms. The second kappa shape index (κ2) is 6.44. The molecule has 0 aliphatic heterocycles. The summed E-state index contributed by atoms with van der Waals surface area (Å²) in [7, 11) is 4.39. The van der Waals surface area contributed by atoms with E-state index in [1.54, 1.807) is 12.4 Å². The van der Waals surface area contributed by atoms with Crippen LogP contribution in [0, 0.1) is 0 Å². The van der Waals surface area contributed by atoms with Crippen LogP contribution in [-0.2, 0) is 0 Å². The molecule has 4 nitrogen and oxygen atoms in total. The van der Waals surface area contributed by atoms with Gasteiger partial charge < -0.3 is 10.2 Å². The van der Waals surface area contributed by atoms with Gasteiger partial charge in [-0.1, -0.05) is 19.8 Å². The molecular weight excluding hydrogens is 236 g/mol. The number of nitrogens with one attached hydrogen (secondary N) is 1. The van der Waals surface area contributed by atoms with Gasteiger partial charge in [0.05, 0.1) is 17.9 Å². The summed E-state index contributed by atoms with van der Waals surface area (Å²) in [6.07, 6.45) is 11.7. The van der Waals surface area contributed by atoms with Crippen molar-refractivity contribution < 1.29 is 0 Å². The van der Waals surface area contributed by atoms with E-state index in [4.69, 9.17) is 0 Å². The first kappa shape index (κ1) is 14.4. The quantitative estimate of drug-likeness (QED) is 0.854. The fraction of sp³-hybridized carbons (Fsp3) is 0.733. The van der Waals surface area contributed by atoms with E-state index < -0.39 is 0 Å². The molecule has 0 radical (unpaired) electrons. The van der Waals surface area contributed by atoms with Crippen LogP contribution >= 0.6 is 0 Å². The Kier molecular flexibility index (Phi) is 4.88. The van der Waals surface area contributed by atoms with Crippen molar-refractivity contribution in [3.8, 4) is 0 Å². The SMILES string of the molecule is CCCNC(c1cnccn1)C1(N(C)C)CCCC1. The molecule has 0 spiro atoms. The molecule has 1 aromatic rings.